The second-order valence-electron chi connectivity index (χ2n) is 5.87. The van der Waals surface area contributed by atoms with Gasteiger partial charge in [-0.3, -0.25) is 9.78 Å². The average Bonchev–Trinajstić information content (AvgIpc) is 2.96. The zero-order valence-corrected chi connectivity index (χ0v) is 14.0. The van der Waals surface area contributed by atoms with E-state index in [0.29, 0.717) is 11.3 Å². The molecule has 1 amide bonds. The summed E-state index contributed by atoms with van der Waals surface area (Å²) in [4.78, 5) is 20.6. The minimum Gasteiger partial charge on any atom is -0.497 e. The van der Waals surface area contributed by atoms with Crippen LogP contribution in [0.5, 0.6) is 5.75 Å². The molecule has 0 saturated heterocycles. The minimum atomic E-state index is -0.160. The fraction of sp³-hybridized carbons (Fsp3) is 0.100. The van der Waals surface area contributed by atoms with Crippen molar-refractivity contribution in [3.63, 3.8) is 0 Å². The number of nitrogens with zero attached hydrogens (tertiary/aromatic N) is 1. The number of fused-ring (bicyclic) bond motifs is 2. The van der Waals surface area contributed by atoms with Crippen LogP contribution in [0.1, 0.15) is 16.1 Å². The summed E-state index contributed by atoms with van der Waals surface area (Å²) in [5, 5.41) is 4.85. The maximum Gasteiger partial charge on any atom is 0.258 e. The molecule has 2 aromatic heterocycles. The number of pyridine rings is 1. The van der Waals surface area contributed by atoms with Gasteiger partial charge in [0.25, 0.3) is 5.91 Å². The number of amides is 1. The van der Waals surface area contributed by atoms with E-state index in [2.05, 4.69) is 15.3 Å². The Morgan fingerprint density at radius 1 is 1.16 bits per heavy atom. The molecule has 124 valence electrons. The number of para-hydroxylation sites is 1. The highest BCUT2D eigenvalue weighted by Crippen LogP contribution is 2.28. The molecule has 0 spiro atoms. The fourth-order valence-electron chi connectivity index (χ4n) is 3.12. The Bertz CT molecular complexity index is 1090. The maximum atomic E-state index is 12.9. The minimum absolute atomic E-state index is 0.160. The summed E-state index contributed by atoms with van der Waals surface area (Å²) in [7, 11) is 1.62. The van der Waals surface area contributed by atoms with Crippen molar-refractivity contribution in [1.29, 1.82) is 0 Å². The molecule has 4 rings (SSSR count). The van der Waals surface area contributed by atoms with Crippen molar-refractivity contribution in [2.24, 2.45) is 0 Å². The Balaban J connectivity index is 1.76. The molecule has 2 N–H and O–H groups in total. The van der Waals surface area contributed by atoms with E-state index >= 15 is 0 Å². The summed E-state index contributed by atoms with van der Waals surface area (Å²) in [5.74, 6) is 0.589. The molecule has 0 aliphatic rings. The number of carbonyl (C=O) groups excluding carboxylic acids is 1. The van der Waals surface area contributed by atoms with Crippen LogP contribution in [0.2, 0.25) is 0 Å². The SMILES string of the molecule is COc1ccc2c(C(=O)Nc3cccc4cccnc34)c(C)[nH]c2c1. The molecule has 0 saturated carbocycles. The first-order chi connectivity index (χ1) is 12.2. The van der Waals surface area contributed by atoms with Crippen LogP contribution in [0.25, 0.3) is 21.8 Å². The van der Waals surface area contributed by atoms with Crippen LogP contribution in [-0.2, 0) is 0 Å². The number of methoxy groups -OCH3 is 1. The monoisotopic (exact) mass is 331 g/mol. The standard InChI is InChI=1S/C20H17N3O2/c1-12-18(15-9-8-14(25-2)11-17(15)22-12)20(24)23-16-7-3-5-13-6-4-10-21-19(13)16/h3-11,22H,1-2H3,(H,23,24). The van der Waals surface area contributed by atoms with Crippen LogP contribution >= 0.6 is 0 Å². The number of nitrogens with one attached hydrogen (secondary N) is 2. The van der Waals surface area contributed by atoms with Crippen LogP contribution < -0.4 is 10.1 Å². The molecule has 0 bridgehead atoms. The van der Waals surface area contributed by atoms with E-state index in [0.717, 1.165) is 33.2 Å². The zero-order valence-electron chi connectivity index (χ0n) is 14.0. The Labute approximate surface area is 144 Å². The molecule has 0 fully saturated rings. The van der Waals surface area contributed by atoms with E-state index in [4.69, 9.17) is 4.74 Å². The zero-order chi connectivity index (χ0) is 17.4. The van der Waals surface area contributed by atoms with Gasteiger partial charge in [-0.15, -0.1) is 0 Å². The lowest BCUT2D eigenvalue weighted by Gasteiger charge is -2.08. The number of aryl methyl sites for hydroxylation is 1. The lowest BCUT2D eigenvalue weighted by molar-refractivity contribution is 0.102. The Morgan fingerprint density at radius 3 is 2.84 bits per heavy atom. The van der Waals surface area contributed by atoms with E-state index in [9.17, 15) is 4.79 Å². The molecule has 5 nitrogen and oxygen atoms in total. The summed E-state index contributed by atoms with van der Waals surface area (Å²) < 4.78 is 5.25. The van der Waals surface area contributed by atoms with E-state index in [1.54, 1.807) is 13.3 Å². The van der Waals surface area contributed by atoms with Crippen molar-refractivity contribution >= 4 is 33.4 Å². The number of aromatic amines is 1. The van der Waals surface area contributed by atoms with Gasteiger partial charge in [0.2, 0.25) is 0 Å². The van der Waals surface area contributed by atoms with E-state index in [1.807, 2.05) is 55.5 Å². The largest absolute Gasteiger partial charge is 0.497 e. The van der Waals surface area contributed by atoms with E-state index in [-0.39, 0.29) is 5.91 Å². The number of hydrogen-bond donors (Lipinski definition) is 2. The molecule has 0 aliphatic heterocycles. The highest BCUT2D eigenvalue weighted by molar-refractivity contribution is 6.15. The number of H-pyrrole nitrogens is 1. The third-order valence-corrected chi connectivity index (χ3v) is 4.30. The molecule has 2 heterocycles. The van der Waals surface area contributed by atoms with Gasteiger partial charge < -0.3 is 15.0 Å². The number of aromatic nitrogens is 2. The third-order valence-electron chi connectivity index (χ3n) is 4.30. The van der Waals surface area contributed by atoms with Crippen molar-refractivity contribution in [3.05, 3.63) is 66.0 Å². The average molecular weight is 331 g/mol. The molecule has 0 unspecified atom stereocenters. The quantitative estimate of drug-likeness (QED) is 0.588. The highest BCUT2D eigenvalue weighted by Gasteiger charge is 2.17. The van der Waals surface area contributed by atoms with Crippen molar-refractivity contribution in [2.45, 2.75) is 6.92 Å². The van der Waals surface area contributed by atoms with Gasteiger partial charge in [-0.2, -0.15) is 0 Å². The van der Waals surface area contributed by atoms with Crippen molar-refractivity contribution in [1.82, 2.24) is 9.97 Å². The fourth-order valence-corrected chi connectivity index (χ4v) is 3.12. The number of ether oxygens (including phenoxy) is 1. The topological polar surface area (TPSA) is 67.0 Å². The van der Waals surface area contributed by atoms with Crippen molar-refractivity contribution in [2.75, 3.05) is 12.4 Å². The van der Waals surface area contributed by atoms with Crippen LogP contribution in [0.4, 0.5) is 5.69 Å². The van der Waals surface area contributed by atoms with Gasteiger partial charge in [-0.1, -0.05) is 18.2 Å². The third kappa shape index (κ3) is 2.59. The number of rotatable bonds is 3. The van der Waals surface area contributed by atoms with Gasteiger partial charge in [-0.05, 0) is 31.2 Å². The van der Waals surface area contributed by atoms with Gasteiger partial charge >= 0.3 is 0 Å². The normalized spacial score (nSPS) is 11.0. The summed E-state index contributed by atoms with van der Waals surface area (Å²) in [6.45, 7) is 1.89. The van der Waals surface area contributed by atoms with E-state index < -0.39 is 0 Å². The number of benzene rings is 2. The van der Waals surface area contributed by atoms with Gasteiger partial charge in [0.1, 0.15) is 5.75 Å². The second-order valence-corrected chi connectivity index (χ2v) is 5.87. The predicted octanol–water partition coefficient (Wildman–Crippen LogP) is 4.29. The van der Waals surface area contributed by atoms with Gasteiger partial charge in [0, 0.05) is 28.7 Å². The molecule has 25 heavy (non-hydrogen) atoms. The lowest BCUT2D eigenvalue weighted by atomic mass is 10.1. The van der Waals surface area contributed by atoms with Crippen LogP contribution in [0, 0.1) is 6.92 Å². The van der Waals surface area contributed by atoms with Crippen molar-refractivity contribution < 1.29 is 9.53 Å². The Hall–Kier alpha value is -3.34. The van der Waals surface area contributed by atoms with Crippen LogP contribution in [-0.4, -0.2) is 23.0 Å². The Morgan fingerprint density at radius 2 is 2.00 bits per heavy atom. The van der Waals surface area contributed by atoms with Gasteiger partial charge in [0.05, 0.1) is 29.4 Å². The molecule has 0 atom stereocenters. The first-order valence-electron chi connectivity index (χ1n) is 7.99. The molecule has 2 aromatic carbocycles. The Kier molecular flexibility index (Phi) is 3.61. The molecular weight excluding hydrogens is 314 g/mol. The maximum absolute atomic E-state index is 12.9. The number of hydrogen-bond acceptors (Lipinski definition) is 3. The van der Waals surface area contributed by atoms with Crippen LogP contribution in [0.15, 0.2) is 54.7 Å². The van der Waals surface area contributed by atoms with Crippen LogP contribution in [0.3, 0.4) is 0 Å². The highest BCUT2D eigenvalue weighted by atomic mass is 16.5. The molecule has 5 heteroatoms. The molecule has 0 radical (unpaired) electrons. The van der Waals surface area contributed by atoms with Crippen molar-refractivity contribution in [3.8, 4) is 5.75 Å². The van der Waals surface area contributed by atoms with Gasteiger partial charge in [0.15, 0.2) is 0 Å². The first-order valence-corrected chi connectivity index (χ1v) is 7.99. The first kappa shape index (κ1) is 15.2. The summed E-state index contributed by atoms with van der Waals surface area (Å²) in [5.41, 5.74) is 3.79. The molecular formula is C20H17N3O2. The number of anilines is 1. The lowest BCUT2D eigenvalue weighted by Crippen LogP contribution is -2.13. The molecule has 0 aliphatic carbocycles. The summed E-state index contributed by atoms with van der Waals surface area (Å²) in [6.07, 6.45) is 1.72. The van der Waals surface area contributed by atoms with E-state index in [1.165, 1.54) is 0 Å². The summed E-state index contributed by atoms with van der Waals surface area (Å²) in [6, 6.07) is 15.2. The van der Waals surface area contributed by atoms with Gasteiger partial charge in [-0.25, -0.2) is 0 Å². The summed E-state index contributed by atoms with van der Waals surface area (Å²) >= 11 is 0. The number of carbonyl (C=O) groups is 1. The molecule has 4 aromatic rings. The smallest absolute Gasteiger partial charge is 0.258 e. The second kappa shape index (κ2) is 5.94. The predicted molar refractivity (Wildman–Crippen MR) is 99.3 cm³/mol.